The fourth-order valence-electron chi connectivity index (χ4n) is 2.25. The summed E-state index contributed by atoms with van der Waals surface area (Å²) in [6, 6.07) is 6.37. The van der Waals surface area contributed by atoms with Crippen LogP contribution >= 0.6 is 11.6 Å². The number of halogens is 1. The summed E-state index contributed by atoms with van der Waals surface area (Å²) in [5.74, 6) is 0. The summed E-state index contributed by atoms with van der Waals surface area (Å²) in [6.07, 6.45) is 0.968. The van der Waals surface area contributed by atoms with Gasteiger partial charge in [0.05, 0.1) is 5.52 Å². The maximum Gasteiger partial charge on any atom is 0.113 e. The summed E-state index contributed by atoms with van der Waals surface area (Å²) >= 11 is 6.38. The van der Waals surface area contributed by atoms with Gasteiger partial charge < -0.3 is 9.88 Å². The zero-order chi connectivity index (χ0) is 11.7. The summed E-state index contributed by atoms with van der Waals surface area (Å²) in [7, 11) is 3.99. The molecule has 86 valence electrons. The van der Waals surface area contributed by atoms with E-state index in [-0.39, 0.29) is 0 Å². The second-order valence-electron chi connectivity index (χ2n) is 4.15. The molecule has 0 fully saturated rings. The van der Waals surface area contributed by atoms with E-state index >= 15 is 0 Å². The Morgan fingerprint density at radius 3 is 2.81 bits per heavy atom. The van der Waals surface area contributed by atoms with Gasteiger partial charge >= 0.3 is 0 Å². The van der Waals surface area contributed by atoms with Crippen molar-refractivity contribution in [1.29, 1.82) is 0 Å². The van der Waals surface area contributed by atoms with Crippen LogP contribution in [0, 0.1) is 6.92 Å². The van der Waals surface area contributed by atoms with E-state index in [2.05, 4.69) is 35.0 Å². The Hall–Kier alpha value is -0.990. The van der Waals surface area contributed by atoms with Crippen LogP contribution in [0.3, 0.4) is 0 Å². The number of para-hydroxylation sites is 1. The number of nitrogens with zero attached hydrogens (tertiary/aromatic N) is 1. The van der Waals surface area contributed by atoms with Crippen molar-refractivity contribution in [3.05, 3.63) is 34.5 Å². The molecule has 0 radical (unpaired) electrons. The minimum Gasteiger partial charge on any atom is -0.334 e. The predicted octanol–water partition coefficient (Wildman–Crippen LogP) is 2.90. The minimum atomic E-state index is 0.861. The number of aryl methyl sites for hydroxylation is 2. The van der Waals surface area contributed by atoms with Crippen LogP contribution in [0.5, 0.6) is 0 Å². The lowest BCUT2D eigenvalue weighted by Gasteiger charge is -2.00. The predicted molar refractivity (Wildman–Crippen MR) is 70.3 cm³/mol. The zero-order valence-electron chi connectivity index (χ0n) is 9.97. The molecule has 1 aromatic carbocycles. The van der Waals surface area contributed by atoms with Gasteiger partial charge in [-0.3, -0.25) is 0 Å². The van der Waals surface area contributed by atoms with Gasteiger partial charge in [0.25, 0.3) is 0 Å². The highest BCUT2D eigenvalue weighted by atomic mass is 35.5. The number of benzene rings is 1. The van der Waals surface area contributed by atoms with Crippen LogP contribution in [0.2, 0.25) is 5.15 Å². The topological polar surface area (TPSA) is 17.0 Å². The lowest BCUT2D eigenvalue weighted by molar-refractivity contribution is 0.791. The van der Waals surface area contributed by atoms with Crippen LogP contribution in [0.25, 0.3) is 10.9 Å². The van der Waals surface area contributed by atoms with Crippen LogP contribution in [0.4, 0.5) is 0 Å². The average molecular weight is 237 g/mol. The van der Waals surface area contributed by atoms with Gasteiger partial charge in [-0.2, -0.15) is 0 Å². The van der Waals surface area contributed by atoms with Gasteiger partial charge in [-0.05, 0) is 38.1 Å². The van der Waals surface area contributed by atoms with E-state index in [9.17, 15) is 0 Å². The molecule has 0 amide bonds. The van der Waals surface area contributed by atoms with Crippen molar-refractivity contribution < 1.29 is 0 Å². The number of hydrogen-bond acceptors (Lipinski definition) is 1. The molecule has 0 aliphatic heterocycles. The van der Waals surface area contributed by atoms with E-state index in [0.717, 1.165) is 18.1 Å². The molecule has 0 unspecified atom stereocenters. The van der Waals surface area contributed by atoms with Gasteiger partial charge in [-0.25, -0.2) is 0 Å². The third-order valence-corrected chi connectivity index (χ3v) is 3.55. The Morgan fingerprint density at radius 1 is 1.38 bits per heavy atom. The van der Waals surface area contributed by atoms with Crippen LogP contribution in [-0.2, 0) is 13.5 Å². The summed E-state index contributed by atoms with van der Waals surface area (Å²) in [5.41, 5.74) is 3.77. The van der Waals surface area contributed by atoms with Gasteiger partial charge in [0, 0.05) is 12.4 Å². The molecule has 3 heteroatoms. The molecule has 0 saturated heterocycles. The molecule has 0 saturated carbocycles. The summed E-state index contributed by atoms with van der Waals surface area (Å²) < 4.78 is 2.08. The van der Waals surface area contributed by atoms with E-state index in [1.54, 1.807) is 0 Å². The van der Waals surface area contributed by atoms with E-state index in [0.29, 0.717) is 0 Å². The largest absolute Gasteiger partial charge is 0.334 e. The Labute approximate surface area is 101 Å². The van der Waals surface area contributed by atoms with Crippen LogP contribution < -0.4 is 5.32 Å². The van der Waals surface area contributed by atoms with Gasteiger partial charge in [0.15, 0.2) is 0 Å². The standard InChI is InChI=1S/C13H17ClN2/c1-9-5-4-6-10-11(7-8-15-2)13(14)16(3)12(9)10/h4-6,15H,7-8H2,1-3H3. The van der Waals surface area contributed by atoms with Crippen molar-refractivity contribution in [3.63, 3.8) is 0 Å². The molecule has 2 nitrogen and oxygen atoms in total. The number of hydrogen-bond donors (Lipinski definition) is 1. The normalized spacial score (nSPS) is 11.2. The molecular formula is C13H17ClN2. The first kappa shape index (κ1) is 11.5. The average Bonchev–Trinajstić information content (AvgIpc) is 2.51. The van der Waals surface area contributed by atoms with Crippen LogP contribution in [-0.4, -0.2) is 18.2 Å². The van der Waals surface area contributed by atoms with E-state index in [1.165, 1.54) is 22.0 Å². The van der Waals surface area contributed by atoms with E-state index in [1.807, 2.05) is 14.1 Å². The second-order valence-corrected chi connectivity index (χ2v) is 4.51. The molecule has 1 aromatic heterocycles. The molecule has 16 heavy (non-hydrogen) atoms. The molecule has 1 N–H and O–H groups in total. The summed E-state index contributed by atoms with van der Waals surface area (Å²) in [5, 5.41) is 5.31. The Morgan fingerprint density at radius 2 is 2.12 bits per heavy atom. The van der Waals surface area contributed by atoms with Gasteiger partial charge in [0.1, 0.15) is 5.15 Å². The van der Waals surface area contributed by atoms with Gasteiger partial charge in [-0.15, -0.1) is 0 Å². The van der Waals surface area contributed by atoms with E-state index < -0.39 is 0 Å². The maximum absolute atomic E-state index is 6.38. The maximum atomic E-state index is 6.38. The first-order valence-electron chi connectivity index (χ1n) is 5.53. The molecule has 0 spiro atoms. The van der Waals surface area contributed by atoms with Crippen molar-refractivity contribution in [2.75, 3.05) is 13.6 Å². The SMILES string of the molecule is CNCCc1c(Cl)n(C)c2c(C)cccc12. The highest BCUT2D eigenvalue weighted by molar-refractivity contribution is 6.32. The first-order chi connectivity index (χ1) is 7.66. The van der Waals surface area contributed by atoms with Crippen LogP contribution in [0.15, 0.2) is 18.2 Å². The van der Waals surface area contributed by atoms with Crippen molar-refractivity contribution in [2.45, 2.75) is 13.3 Å². The smallest absolute Gasteiger partial charge is 0.113 e. The van der Waals surface area contributed by atoms with Crippen molar-refractivity contribution >= 4 is 22.5 Å². The summed E-state index contributed by atoms with van der Waals surface area (Å²) in [4.78, 5) is 0. The third kappa shape index (κ3) is 1.72. The highest BCUT2D eigenvalue weighted by Crippen LogP contribution is 2.31. The molecule has 0 atom stereocenters. The molecule has 0 aliphatic carbocycles. The van der Waals surface area contributed by atoms with Gasteiger partial charge in [-0.1, -0.05) is 29.8 Å². The van der Waals surface area contributed by atoms with Crippen molar-refractivity contribution in [1.82, 2.24) is 9.88 Å². The molecule has 0 aliphatic rings. The number of likely N-dealkylation sites (N-methyl/N-ethyl adjacent to an activating group) is 1. The quantitative estimate of drug-likeness (QED) is 0.867. The molecular weight excluding hydrogens is 220 g/mol. The lowest BCUT2D eigenvalue weighted by atomic mass is 10.1. The van der Waals surface area contributed by atoms with Gasteiger partial charge in [0.2, 0.25) is 0 Å². The Kier molecular flexibility index (Phi) is 3.22. The zero-order valence-corrected chi connectivity index (χ0v) is 10.7. The fourth-order valence-corrected chi connectivity index (χ4v) is 2.53. The van der Waals surface area contributed by atoms with E-state index in [4.69, 9.17) is 11.6 Å². The fraction of sp³-hybridized carbons (Fsp3) is 0.385. The molecule has 2 rings (SSSR count). The lowest BCUT2D eigenvalue weighted by Crippen LogP contribution is -2.10. The first-order valence-corrected chi connectivity index (χ1v) is 5.91. The highest BCUT2D eigenvalue weighted by Gasteiger charge is 2.13. The second kappa shape index (κ2) is 4.48. The Bertz CT molecular complexity index is 514. The number of rotatable bonds is 3. The molecule has 2 aromatic rings. The van der Waals surface area contributed by atoms with Crippen molar-refractivity contribution in [2.24, 2.45) is 7.05 Å². The van der Waals surface area contributed by atoms with Crippen LogP contribution in [0.1, 0.15) is 11.1 Å². The monoisotopic (exact) mass is 236 g/mol. The molecule has 0 bridgehead atoms. The number of fused-ring (bicyclic) bond motifs is 1. The number of nitrogens with one attached hydrogen (secondary N) is 1. The Balaban J connectivity index is 2.64. The third-order valence-electron chi connectivity index (χ3n) is 3.07. The number of aromatic nitrogens is 1. The minimum absolute atomic E-state index is 0.861. The molecule has 1 heterocycles. The van der Waals surface area contributed by atoms with Crippen molar-refractivity contribution in [3.8, 4) is 0 Å². The summed E-state index contributed by atoms with van der Waals surface area (Å²) in [6.45, 7) is 3.08.